The van der Waals surface area contributed by atoms with Gasteiger partial charge in [-0.3, -0.25) is 6.92 Å². The van der Waals surface area contributed by atoms with Crippen LogP contribution < -0.4 is 0 Å². The van der Waals surface area contributed by atoms with Crippen LogP contribution in [0.4, 0.5) is 0 Å². The summed E-state index contributed by atoms with van der Waals surface area (Å²) in [6.07, 6.45) is 0. The molecule has 0 aliphatic heterocycles. The monoisotopic (exact) mass is 89.0 g/mol. The van der Waals surface area contributed by atoms with Gasteiger partial charge in [-0.15, -0.1) is 11.6 Å². The van der Waals surface area contributed by atoms with Crippen molar-refractivity contribution in [2.24, 2.45) is 0 Å². The van der Waals surface area contributed by atoms with Gasteiger partial charge >= 0.3 is 0 Å². The van der Waals surface area contributed by atoms with E-state index in [-0.39, 0.29) is 0 Å². The molecule has 0 saturated carbocycles. The minimum Gasteiger partial charge on any atom is -0.278 e. The van der Waals surface area contributed by atoms with E-state index in [1.165, 1.54) is 0 Å². The second kappa shape index (κ2) is 1.09. The molecule has 0 aromatic rings. The summed E-state index contributed by atoms with van der Waals surface area (Å²) < 4.78 is 0. The average molecular weight is 89.5 g/mol. The topological polar surface area (TPSA) is 0 Å². The van der Waals surface area contributed by atoms with Gasteiger partial charge in [-0.2, -0.15) is 0 Å². The minimum atomic E-state index is -0.778. The molecule has 0 aliphatic carbocycles. The molecule has 0 rings (SSSR count). The second-order valence-electron chi connectivity index (χ2n) is 1.15. The lowest BCUT2D eigenvalue weighted by atomic mass is 10.3. The fourth-order valence-corrected chi connectivity index (χ4v) is 0. The molecule has 1 heteroatoms. The highest BCUT2D eigenvalue weighted by Crippen LogP contribution is 2.05. The molecule has 0 heterocycles. The molecule has 0 unspecified atom stereocenters. The maximum Gasteiger partial charge on any atom is 0.0598 e. The number of alkyl halides is 1. The Kier molecular flexibility index (Phi) is 1.13. The average Bonchev–Trinajstić information content (AvgIpc) is 0.722. The van der Waals surface area contributed by atoms with Gasteiger partial charge in [0.05, 0.1) is 11.8 Å². The predicted molar refractivity (Wildman–Crippen MR) is 24.7 cm³/mol. The van der Waals surface area contributed by atoms with Gasteiger partial charge in [0.25, 0.3) is 0 Å². The molecule has 0 aliphatic rings. The largest absolute Gasteiger partial charge is 0.278 e. The highest BCUT2D eigenvalue weighted by Gasteiger charge is 1.99. The summed E-state index contributed by atoms with van der Waals surface area (Å²) in [5.41, 5.74) is 0. The Morgan fingerprint density at radius 1 is 2.00 bits per heavy atom. The number of hydrogen-bond acceptors (Lipinski definition) is 0. The van der Waals surface area contributed by atoms with Crippen LogP contribution in [-0.2, 0) is 0 Å². The van der Waals surface area contributed by atoms with Crippen molar-refractivity contribution in [3.05, 3.63) is 20.8 Å². The van der Waals surface area contributed by atoms with Crippen molar-refractivity contribution in [1.82, 2.24) is 0 Å². The van der Waals surface area contributed by atoms with Crippen LogP contribution in [0.2, 0.25) is 0 Å². The van der Waals surface area contributed by atoms with Crippen molar-refractivity contribution < 1.29 is 0 Å². The standard InChI is InChI=1S/C4H6Cl/c1-4(2,3)5/h1-3H2. The second-order valence-corrected chi connectivity index (χ2v) is 1.95. The third-order valence-corrected chi connectivity index (χ3v) is 0. The van der Waals surface area contributed by atoms with Gasteiger partial charge in [0, 0.05) is 0 Å². The van der Waals surface area contributed by atoms with Crippen LogP contribution in [0.15, 0.2) is 0 Å². The quantitative estimate of drug-likeness (QED) is 0.311. The molecule has 0 fully saturated rings. The number of rotatable bonds is 0. The fraction of sp³-hybridized carbons (Fsp3) is 0.250. The van der Waals surface area contributed by atoms with Gasteiger partial charge in [0.15, 0.2) is 0 Å². The van der Waals surface area contributed by atoms with Crippen LogP contribution in [0.25, 0.3) is 0 Å². The molecule has 0 spiro atoms. The molecule has 0 aromatic heterocycles. The normalized spacial score (nSPS) is 21.4. The molecule has 5 heavy (non-hydrogen) atoms. The maximum absolute atomic E-state index is 5.20. The SMILES string of the molecule is [CH2]C([CH2+])([CH2-])Cl. The highest BCUT2D eigenvalue weighted by atomic mass is 35.5. The Morgan fingerprint density at radius 2 is 2.00 bits per heavy atom. The molecule has 29 valence electrons. The van der Waals surface area contributed by atoms with E-state index in [0.29, 0.717) is 0 Å². The smallest absolute Gasteiger partial charge is 0.0598 e. The van der Waals surface area contributed by atoms with E-state index in [1.54, 1.807) is 0 Å². The van der Waals surface area contributed by atoms with Gasteiger partial charge in [-0.1, -0.05) is 0 Å². The van der Waals surface area contributed by atoms with Crippen molar-refractivity contribution in [2.75, 3.05) is 0 Å². The van der Waals surface area contributed by atoms with Crippen molar-refractivity contribution in [3.8, 4) is 0 Å². The summed E-state index contributed by atoms with van der Waals surface area (Å²) in [5, 5.41) is 0. The zero-order chi connectivity index (χ0) is 4.50. The van der Waals surface area contributed by atoms with Crippen molar-refractivity contribution in [1.29, 1.82) is 0 Å². The molecule has 0 amide bonds. The molecule has 0 atom stereocenters. The minimum absolute atomic E-state index is 0.778. The summed E-state index contributed by atoms with van der Waals surface area (Å²) >= 11 is 5.20. The maximum atomic E-state index is 5.20. The molecule has 0 nitrogen and oxygen atoms in total. The van der Waals surface area contributed by atoms with Crippen molar-refractivity contribution in [2.45, 2.75) is 4.87 Å². The Labute approximate surface area is 38.1 Å². The zero-order valence-corrected chi connectivity index (χ0v) is 3.76. The van der Waals surface area contributed by atoms with Crippen molar-refractivity contribution >= 4 is 11.6 Å². The van der Waals surface area contributed by atoms with Crippen LogP contribution >= 0.6 is 11.6 Å². The van der Waals surface area contributed by atoms with Gasteiger partial charge in [0.1, 0.15) is 0 Å². The van der Waals surface area contributed by atoms with E-state index in [1.807, 2.05) is 0 Å². The molecular weight excluding hydrogens is 83.5 g/mol. The Bertz CT molecular complexity index is 19.1. The summed E-state index contributed by atoms with van der Waals surface area (Å²) in [7, 11) is 0. The van der Waals surface area contributed by atoms with Crippen LogP contribution in [-0.4, -0.2) is 4.87 Å². The van der Waals surface area contributed by atoms with E-state index in [0.717, 1.165) is 0 Å². The lowest BCUT2D eigenvalue weighted by Gasteiger charge is -2.02. The first-order valence-electron chi connectivity index (χ1n) is 1.25. The van der Waals surface area contributed by atoms with E-state index >= 15 is 0 Å². The van der Waals surface area contributed by atoms with Crippen LogP contribution in [0.1, 0.15) is 0 Å². The highest BCUT2D eigenvalue weighted by molar-refractivity contribution is 6.25. The molecule has 0 aromatic carbocycles. The van der Waals surface area contributed by atoms with Gasteiger partial charge in [-0.25, -0.2) is 0 Å². The Balaban J connectivity index is 3.02. The zero-order valence-electron chi connectivity index (χ0n) is 3.00. The third-order valence-electron chi connectivity index (χ3n) is 0. The number of hydrogen-bond donors (Lipinski definition) is 0. The van der Waals surface area contributed by atoms with E-state index in [4.69, 9.17) is 11.6 Å². The van der Waals surface area contributed by atoms with Gasteiger partial charge in [0.2, 0.25) is 0 Å². The lowest BCUT2D eigenvalue weighted by Crippen LogP contribution is -2.01. The predicted octanol–water partition coefficient (Wildman–Crippen LogP) is 1.47. The first kappa shape index (κ1) is 5.16. The molecule has 1 radical (unpaired) electrons. The van der Waals surface area contributed by atoms with E-state index in [2.05, 4.69) is 20.8 Å². The van der Waals surface area contributed by atoms with Crippen molar-refractivity contribution in [3.63, 3.8) is 0 Å². The van der Waals surface area contributed by atoms with Crippen LogP contribution in [0.3, 0.4) is 0 Å². The Hall–Kier alpha value is 0.160. The fourth-order valence-electron chi connectivity index (χ4n) is 0. The number of halogens is 1. The van der Waals surface area contributed by atoms with Gasteiger partial charge < -0.3 is 0 Å². The first-order chi connectivity index (χ1) is 2.00. The first-order valence-corrected chi connectivity index (χ1v) is 1.63. The summed E-state index contributed by atoms with van der Waals surface area (Å²) in [5.74, 6) is 0. The Morgan fingerprint density at radius 3 is 2.00 bits per heavy atom. The summed E-state index contributed by atoms with van der Waals surface area (Å²) in [6, 6.07) is 0. The van der Waals surface area contributed by atoms with E-state index in [9.17, 15) is 0 Å². The van der Waals surface area contributed by atoms with Gasteiger partial charge in [-0.05, 0) is 6.92 Å². The molecule has 0 bridgehead atoms. The van der Waals surface area contributed by atoms with E-state index < -0.39 is 4.87 Å². The lowest BCUT2D eigenvalue weighted by molar-refractivity contribution is 1.11. The van der Waals surface area contributed by atoms with Crippen LogP contribution in [0, 0.1) is 20.8 Å². The van der Waals surface area contributed by atoms with Crippen LogP contribution in [0.5, 0.6) is 0 Å². The summed E-state index contributed by atoms with van der Waals surface area (Å²) in [4.78, 5) is -0.778. The third kappa shape index (κ3) is 758. The molecular formula is C4H6Cl. The molecule has 0 N–H and O–H groups in total. The molecule has 0 saturated heterocycles. The summed E-state index contributed by atoms with van der Waals surface area (Å²) in [6.45, 7) is 9.94.